The van der Waals surface area contributed by atoms with Crippen LogP contribution < -0.4 is 60.9 Å². The SMILES string of the molecule is C=C[C@@H]1C[C@]1(NC(=O)[C@@H]1C[C@@H](O)CN1C(=O)[C@@H](NC(=O)OC1CCCC1)C(C)(C)C)C(=O)NS(=O)(=O)C1CC1.C=C[C@@H]1C[C@]1(NC(=O)[C@@H]1C[C@@H](Oc2nc(Cl)nc(Cl)n2)CN1C(=O)[C@@H](NC(=O)OC1CCCC1)C(C)(C)C)C(=O)NS(=O)(=O)C1CC1.C=C[C@@H]1C[C@]1(NC(=O)[C@@H]1C[C@@H](Oc2nc(Cl)nc(Nc3ccccc3)n2)CN1C(=O)[C@@H](NC(=O)OC1CCCC1)C(C)(C)C)C(=O)NS(=O)(=O)C1CC1. The number of benzene rings is 1. The van der Waals surface area contributed by atoms with Crippen molar-refractivity contribution >= 4 is 148 Å². The first-order valence-electron chi connectivity index (χ1n) is 46.9. The van der Waals surface area contributed by atoms with Gasteiger partial charge in [0.05, 0.1) is 34.9 Å². The summed E-state index contributed by atoms with van der Waals surface area (Å²) in [5.41, 5.74) is -6.36. The van der Waals surface area contributed by atoms with Crippen LogP contribution in [0.15, 0.2) is 68.3 Å². The van der Waals surface area contributed by atoms with E-state index in [-0.39, 0.29) is 110 Å². The number of hydrogen-bond donors (Lipinski definition) is 11. The maximum atomic E-state index is 14.5. The Balaban J connectivity index is 0.000000178. The predicted molar refractivity (Wildman–Crippen MR) is 503 cm³/mol. The molecule has 139 heavy (non-hydrogen) atoms. The lowest BCUT2D eigenvalue weighted by molar-refractivity contribution is -0.143. The van der Waals surface area contributed by atoms with Crippen LogP contribution >= 0.6 is 34.8 Å². The average Bonchev–Trinajstić information content (AvgIpc) is 1.58. The number of ether oxygens (including phenoxy) is 5. The van der Waals surface area contributed by atoms with Gasteiger partial charge in [-0.15, -0.1) is 19.7 Å². The number of nitrogens with one attached hydrogen (secondary N) is 10. The number of nitrogens with zero attached hydrogens (tertiary/aromatic N) is 9. The van der Waals surface area contributed by atoms with Crippen LogP contribution in [0, 0.1) is 34.0 Å². The second-order valence-corrected chi connectivity index (χ2v) is 47.9. The number of para-hydroxylation sites is 1. The first-order valence-corrected chi connectivity index (χ1v) is 52.7. The third-order valence-corrected chi connectivity index (χ3v) is 32.8. The molecule has 3 aromatic rings. The van der Waals surface area contributed by atoms with Gasteiger partial charge in [0.1, 0.15) is 83.4 Å². The molecule has 0 spiro atoms. The number of likely N-dealkylation sites (tertiary alicyclic amines) is 3. The fourth-order valence-electron chi connectivity index (χ4n) is 18.2. The predicted octanol–water partition coefficient (Wildman–Crippen LogP) is 6.35. The monoisotopic (exact) mass is 2060 g/mol. The minimum Gasteiger partial charge on any atom is -0.458 e. The summed E-state index contributed by atoms with van der Waals surface area (Å²) in [4.78, 5) is 190. The van der Waals surface area contributed by atoms with Crippen molar-refractivity contribution in [2.24, 2.45) is 34.0 Å². The molecule has 3 saturated heterocycles. The minimum absolute atomic E-state index is 0.0669. The van der Waals surface area contributed by atoms with E-state index < -0.39 is 222 Å². The number of hydrogen-bond acceptors (Lipinski definition) is 31. The first-order chi connectivity index (χ1) is 65.3. The number of aliphatic hydroxyl groups excluding tert-OH is 1. The van der Waals surface area contributed by atoms with Crippen LogP contribution in [0.1, 0.15) is 216 Å². The van der Waals surface area contributed by atoms with Gasteiger partial charge in [-0.2, -0.15) is 29.9 Å². The molecule has 9 saturated carbocycles. The molecule has 3 aliphatic heterocycles. The number of rotatable bonds is 33. The van der Waals surface area contributed by atoms with Crippen molar-refractivity contribution < 1.29 is 112 Å². The van der Waals surface area contributed by atoms with E-state index in [2.05, 4.69) is 101 Å². The number of aromatic nitrogens is 6. The molecule has 762 valence electrons. The summed E-state index contributed by atoms with van der Waals surface area (Å²) in [6, 6.07) is 1.89. The van der Waals surface area contributed by atoms with Crippen molar-refractivity contribution in [1.29, 1.82) is 0 Å². The summed E-state index contributed by atoms with van der Waals surface area (Å²) in [5.74, 6) is -7.91. The van der Waals surface area contributed by atoms with Gasteiger partial charge in [-0.25, -0.2) is 39.6 Å². The first kappa shape index (κ1) is 106. The summed E-state index contributed by atoms with van der Waals surface area (Å²) in [6.07, 6.45) is 12.0. The average molecular weight is 2060 g/mol. The Morgan fingerprint density at radius 1 is 0.417 bits per heavy atom. The zero-order chi connectivity index (χ0) is 101. The molecule has 0 radical (unpaired) electrons. The molecule has 12 amide bonds. The van der Waals surface area contributed by atoms with Gasteiger partial charge >= 0.3 is 30.3 Å². The summed E-state index contributed by atoms with van der Waals surface area (Å²) >= 11 is 18.0. The lowest BCUT2D eigenvalue weighted by atomic mass is 9.85. The number of halogens is 3. The van der Waals surface area contributed by atoms with E-state index in [1.165, 1.54) is 32.9 Å². The van der Waals surface area contributed by atoms with Gasteiger partial charge in [-0.05, 0) is 198 Å². The third kappa shape index (κ3) is 26.3. The highest BCUT2D eigenvalue weighted by Crippen LogP contribution is 2.49. The molecular formula is C90H124Cl3N19O24S3. The lowest BCUT2D eigenvalue weighted by Gasteiger charge is -2.35. The van der Waals surface area contributed by atoms with Crippen LogP contribution in [0.2, 0.25) is 15.9 Å². The van der Waals surface area contributed by atoms with Crippen LogP contribution in [-0.2, 0) is 87.4 Å². The maximum Gasteiger partial charge on any atom is 0.408 e. The second-order valence-electron chi connectivity index (χ2n) is 41.0. The Hall–Kier alpha value is -10.4. The van der Waals surface area contributed by atoms with Crippen molar-refractivity contribution in [3.8, 4) is 12.0 Å². The molecule has 15 rings (SSSR count). The van der Waals surface area contributed by atoms with Crippen molar-refractivity contribution in [2.45, 2.75) is 322 Å². The highest BCUT2D eigenvalue weighted by molar-refractivity contribution is 7.91. The van der Waals surface area contributed by atoms with E-state index in [0.717, 1.165) is 77.0 Å². The number of β-amino-alcohol motifs (C(OH)–C–C–N with tert-alkyl or cyclic N) is 1. The van der Waals surface area contributed by atoms with Crippen LogP contribution in [0.25, 0.3) is 0 Å². The molecule has 0 unspecified atom stereocenters. The normalized spacial score (nSPS) is 26.9. The summed E-state index contributed by atoms with van der Waals surface area (Å²) < 4.78 is 110. The molecule has 9 aliphatic carbocycles. The van der Waals surface area contributed by atoms with Crippen LogP contribution in [0.3, 0.4) is 0 Å². The topological polar surface area (TPSA) is 581 Å². The summed E-state index contributed by atoms with van der Waals surface area (Å²) in [7, 11) is -11.7. The Bertz CT molecular complexity index is 5550. The summed E-state index contributed by atoms with van der Waals surface area (Å²) in [5, 5.41) is 27.1. The number of amides is 12. The lowest BCUT2D eigenvalue weighted by Crippen LogP contribution is -2.60. The molecule has 2 aromatic heterocycles. The molecule has 15 atom stereocenters. The number of carbonyl (C=O) groups is 12. The van der Waals surface area contributed by atoms with Crippen LogP contribution in [-0.4, -0.2) is 271 Å². The van der Waals surface area contributed by atoms with Gasteiger partial charge in [0.25, 0.3) is 17.7 Å². The number of anilines is 2. The Labute approximate surface area is 821 Å². The fourth-order valence-corrected chi connectivity index (χ4v) is 22.8. The molecule has 12 fully saturated rings. The standard InChI is InChI=1S/C35H45ClN8O8S.C29H39Cl2N7O8S.C26H40N4O8S/c1-5-20-18-35(20,29(47)43-53(49,50)24-15-16-24)42-27(45)25-17-23(51-32-40-30(36)39-31(41-32)37-21-11-7-6-8-12-21)19-44(25)28(46)26(34(2,3)4)38-33(48)52-22-13-9-10-14-22;1-5-15-13-29(15,23(41)37-47(43,44)18-10-11-18)36-21(39)19-12-17(45-26-34-24(30)33-25(31)35-26)14-38(19)22(40)20(28(2,3)4)32-27(42)46-16-8-6-7-9-16;1-5-15-13-26(15,23(34)29-39(36,37)18-10-11-18)28-21(32)19-12-16(31)14-30(19)22(33)20(25(2,3)4)27-24(35)38-17-8-6-7-9-17/h5-8,11-12,20,22-26H,1,9-10,13-19H2,2-4H3,(H,38,48)(H,42,45)(H,43,47)(H,37,39,40,41);5,15-20H,1,6-14H2,2-4H3,(H,32,42)(H,36,39)(H,37,41);5,15-20,31H,1,6-14H2,2-4H3,(H,27,35)(H,28,32)(H,29,34)/t20-,23-,25+,26-,35-;15-,17-,19+,20-,29-;15-,16-,19+,20-,26-/m111/s1. The highest BCUT2D eigenvalue weighted by Gasteiger charge is 2.66. The van der Waals surface area contributed by atoms with Gasteiger partial charge in [0.2, 0.25) is 87.3 Å². The van der Waals surface area contributed by atoms with Crippen molar-refractivity contribution in [2.75, 3.05) is 25.0 Å². The molecular weight excluding hydrogens is 1930 g/mol. The number of alkyl carbamates (subject to hydrolysis) is 3. The van der Waals surface area contributed by atoms with Gasteiger partial charge in [-0.1, -0.05) is 98.7 Å². The molecule has 11 N–H and O–H groups in total. The summed E-state index contributed by atoms with van der Waals surface area (Å²) in [6.45, 7) is 26.7. The highest BCUT2D eigenvalue weighted by atomic mass is 35.5. The van der Waals surface area contributed by atoms with Crippen LogP contribution in [0.5, 0.6) is 12.0 Å². The largest absolute Gasteiger partial charge is 0.458 e. The zero-order valence-electron chi connectivity index (χ0n) is 78.9. The van der Waals surface area contributed by atoms with Gasteiger partial charge < -0.3 is 80.7 Å². The molecule has 0 bridgehead atoms. The molecule has 1 aromatic carbocycles. The van der Waals surface area contributed by atoms with E-state index in [1.54, 1.807) is 74.4 Å². The fraction of sp³-hybridized carbons (Fsp3) is 0.667. The van der Waals surface area contributed by atoms with Crippen molar-refractivity contribution in [1.82, 2.24) is 90.7 Å². The third-order valence-electron chi connectivity index (χ3n) is 26.9. The smallest absolute Gasteiger partial charge is 0.408 e. The van der Waals surface area contributed by atoms with E-state index in [1.807, 2.05) is 18.2 Å². The van der Waals surface area contributed by atoms with E-state index >= 15 is 0 Å². The Morgan fingerprint density at radius 2 is 0.712 bits per heavy atom. The molecule has 12 aliphatic rings. The quantitative estimate of drug-likeness (QED) is 0.0234. The second kappa shape index (κ2) is 42.4. The molecule has 5 heterocycles. The van der Waals surface area contributed by atoms with E-state index in [9.17, 15) is 87.9 Å². The van der Waals surface area contributed by atoms with E-state index in [4.69, 9.17) is 58.5 Å². The number of carbonyl (C=O) groups excluding carboxylic acids is 12. The van der Waals surface area contributed by atoms with Gasteiger partial charge in [0, 0.05) is 49.2 Å². The Morgan fingerprint density at radius 3 is 1.01 bits per heavy atom. The number of aliphatic hydroxyl groups is 1. The minimum atomic E-state index is -3.92. The van der Waals surface area contributed by atoms with Gasteiger partial charge in [0.15, 0.2) is 0 Å². The molecule has 43 nitrogen and oxygen atoms in total. The van der Waals surface area contributed by atoms with Gasteiger partial charge in [-0.3, -0.25) is 57.3 Å². The zero-order valence-corrected chi connectivity index (χ0v) is 83.7. The van der Waals surface area contributed by atoms with E-state index in [0.29, 0.717) is 44.2 Å². The Kier molecular flexibility index (Phi) is 32.3. The number of sulfonamides is 3. The van der Waals surface area contributed by atoms with Crippen molar-refractivity contribution in [3.05, 3.63) is 84.1 Å². The van der Waals surface area contributed by atoms with Crippen LogP contribution in [0.4, 0.5) is 26.0 Å². The molecule has 49 heteroatoms. The maximum absolute atomic E-state index is 14.5. The van der Waals surface area contributed by atoms with Crippen molar-refractivity contribution in [3.63, 3.8) is 0 Å².